The van der Waals surface area contributed by atoms with Crippen LogP contribution in [0.15, 0.2) is 0 Å². The molecule has 0 saturated carbocycles. The Labute approximate surface area is 88.3 Å². The average molecular weight is 202 g/mol. The molecule has 4 heteroatoms. The van der Waals surface area contributed by atoms with Crippen LogP contribution in [0.4, 0.5) is 0 Å². The summed E-state index contributed by atoms with van der Waals surface area (Å²) in [5, 5.41) is 0. The highest BCUT2D eigenvalue weighted by Gasteiger charge is 2.48. The van der Waals surface area contributed by atoms with E-state index in [2.05, 4.69) is 32.4 Å². The number of ether oxygens (including phenoxy) is 1. The molecule has 1 fully saturated rings. The Morgan fingerprint density at radius 1 is 1.07 bits per heavy atom. The highest BCUT2D eigenvalue weighted by atomic mass is 16.7. The third kappa shape index (κ3) is 3.60. The molecule has 84 valence electrons. The van der Waals surface area contributed by atoms with E-state index in [1.165, 1.54) is 0 Å². The first-order valence-electron chi connectivity index (χ1n) is 5.11. The fourth-order valence-electron chi connectivity index (χ4n) is 1.14. The van der Waals surface area contributed by atoms with Gasteiger partial charge in [0, 0.05) is 13.7 Å². The van der Waals surface area contributed by atoms with E-state index in [0.717, 1.165) is 6.61 Å². The molecular formula is C10H23BO3. The lowest BCUT2D eigenvalue weighted by atomic mass is 9.90. The maximum absolute atomic E-state index is 5.54. The number of hydrogen-bond acceptors (Lipinski definition) is 3. The molecule has 1 saturated heterocycles. The molecule has 1 heterocycles. The van der Waals surface area contributed by atoms with Crippen LogP contribution in [0.1, 0.15) is 34.6 Å². The summed E-state index contributed by atoms with van der Waals surface area (Å²) in [4.78, 5) is 0. The number of hydrogen-bond donors (Lipinski definition) is 0. The molecule has 0 bridgehead atoms. The van der Waals surface area contributed by atoms with Crippen LogP contribution < -0.4 is 0 Å². The lowest BCUT2D eigenvalue weighted by Crippen LogP contribution is -2.41. The Hall–Kier alpha value is -0.0551. The van der Waals surface area contributed by atoms with Crippen LogP contribution in [0.5, 0.6) is 0 Å². The van der Waals surface area contributed by atoms with Crippen molar-refractivity contribution in [2.45, 2.75) is 52.6 Å². The van der Waals surface area contributed by atoms with Crippen molar-refractivity contribution in [1.29, 1.82) is 0 Å². The molecule has 0 aromatic rings. The zero-order valence-electron chi connectivity index (χ0n) is 10.5. The van der Waals surface area contributed by atoms with Crippen molar-refractivity contribution in [3.8, 4) is 0 Å². The first kappa shape index (κ1) is 13.9. The fourth-order valence-corrected chi connectivity index (χ4v) is 1.14. The van der Waals surface area contributed by atoms with Crippen LogP contribution in [0.25, 0.3) is 0 Å². The lowest BCUT2D eigenvalue weighted by molar-refractivity contribution is 0.00578. The summed E-state index contributed by atoms with van der Waals surface area (Å²) in [7, 11) is 1.62. The van der Waals surface area contributed by atoms with E-state index in [-0.39, 0.29) is 18.3 Å². The van der Waals surface area contributed by atoms with Gasteiger partial charge in [-0.25, -0.2) is 0 Å². The van der Waals surface area contributed by atoms with Crippen molar-refractivity contribution >= 4 is 7.12 Å². The van der Waals surface area contributed by atoms with Crippen molar-refractivity contribution in [2.24, 2.45) is 0 Å². The highest BCUT2D eigenvalue weighted by Crippen LogP contribution is 2.36. The maximum atomic E-state index is 5.54. The monoisotopic (exact) mass is 202 g/mol. The van der Waals surface area contributed by atoms with Gasteiger partial charge in [-0.15, -0.1) is 0 Å². The summed E-state index contributed by atoms with van der Waals surface area (Å²) in [5.41, 5.74) is -0.321. The Bertz CT molecular complexity index is 151. The molecule has 3 nitrogen and oxygen atoms in total. The Morgan fingerprint density at radius 3 is 1.43 bits per heavy atom. The summed E-state index contributed by atoms with van der Waals surface area (Å²) in [5.74, 6) is 0. The van der Waals surface area contributed by atoms with Gasteiger partial charge in [0.25, 0.3) is 0 Å². The molecule has 0 aromatic carbocycles. The molecule has 0 radical (unpaired) electrons. The molecule has 0 atom stereocenters. The average Bonchev–Trinajstić information content (AvgIpc) is 2.19. The molecule has 0 amide bonds. The zero-order chi connectivity index (χ0) is 11.4. The molecule has 1 aliphatic rings. The first-order chi connectivity index (χ1) is 6.27. The zero-order valence-corrected chi connectivity index (χ0v) is 10.5. The summed E-state index contributed by atoms with van der Waals surface area (Å²) in [6, 6.07) is 0. The maximum Gasteiger partial charge on any atom is 0.454 e. The van der Waals surface area contributed by atoms with Crippen molar-refractivity contribution in [3.63, 3.8) is 0 Å². The van der Waals surface area contributed by atoms with Gasteiger partial charge in [-0.2, -0.15) is 0 Å². The van der Waals surface area contributed by atoms with Crippen LogP contribution in [-0.4, -0.2) is 32.0 Å². The van der Waals surface area contributed by atoms with Crippen molar-refractivity contribution in [3.05, 3.63) is 0 Å². The van der Waals surface area contributed by atoms with Crippen LogP contribution in [0.2, 0.25) is 6.82 Å². The van der Waals surface area contributed by atoms with Gasteiger partial charge < -0.3 is 14.0 Å². The van der Waals surface area contributed by atoms with Gasteiger partial charge in [-0.3, -0.25) is 0 Å². The smallest absolute Gasteiger partial charge is 0.403 e. The minimum absolute atomic E-state index is 0.0648. The van der Waals surface area contributed by atoms with E-state index >= 15 is 0 Å². The largest absolute Gasteiger partial charge is 0.454 e. The molecule has 0 N–H and O–H groups in total. The van der Waals surface area contributed by atoms with E-state index in [9.17, 15) is 0 Å². The van der Waals surface area contributed by atoms with Crippen LogP contribution in [0, 0.1) is 0 Å². The first-order valence-corrected chi connectivity index (χ1v) is 5.11. The minimum atomic E-state index is -0.160. The minimum Gasteiger partial charge on any atom is -0.403 e. The predicted octanol–water partition coefficient (Wildman–Crippen LogP) is 2.36. The van der Waals surface area contributed by atoms with E-state index in [4.69, 9.17) is 9.31 Å². The number of rotatable bonds is 1. The summed E-state index contributed by atoms with van der Waals surface area (Å²) < 4.78 is 15.6. The molecule has 1 aliphatic heterocycles. The SMILES string of the molecule is CB1OC(C)(C)C(C)(C)O1.CCOC. The molecule has 1 rings (SSSR count). The van der Waals surface area contributed by atoms with Gasteiger partial charge in [0.2, 0.25) is 0 Å². The second kappa shape index (κ2) is 5.15. The third-order valence-electron chi connectivity index (χ3n) is 2.66. The quantitative estimate of drug-likeness (QED) is 0.611. The standard InChI is InChI=1S/C7H15BO2.C3H8O/c1-6(2)7(3,4)10-8(5)9-6;1-3-4-2/h1-5H3;3H2,1-2H3. The lowest BCUT2D eigenvalue weighted by Gasteiger charge is -2.32. The van der Waals surface area contributed by atoms with Crippen molar-refractivity contribution < 1.29 is 14.0 Å². The van der Waals surface area contributed by atoms with E-state index < -0.39 is 0 Å². The van der Waals surface area contributed by atoms with Gasteiger partial charge in [0.05, 0.1) is 11.2 Å². The molecule has 0 aliphatic carbocycles. The normalized spacial score (nSPS) is 22.9. The van der Waals surface area contributed by atoms with Crippen LogP contribution in [0.3, 0.4) is 0 Å². The summed E-state index contributed by atoms with van der Waals surface area (Å²) in [6.07, 6.45) is 0. The molecule has 0 spiro atoms. The molecule has 14 heavy (non-hydrogen) atoms. The van der Waals surface area contributed by atoms with E-state index in [1.807, 2.05) is 13.7 Å². The molecule has 0 unspecified atom stereocenters. The van der Waals surface area contributed by atoms with E-state index in [0.29, 0.717) is 0 Å². The van der Waals surface area contributed by atoms with Crippen LogP contribution >= 0.6 is 0 Å². The second-order valence-corrected chi connectivity index (χ2v) is 4.40. The van der Waals surface area contributed by atoms with Crippen LogP contribution in [-0.2, 0) is 14.0 Å². The Kier molecular flexibility index (Phi) is 5.13. The van der Waals surface area contributed by atoms with Gasteiger partial charge in [0.15, 0.2) is 0 Å². The number of methoxy groups -OCH3 is 1. The van der Waals surface area contributed by atoms with E-state index in [1.54, 1.807) is 7.11 Å². The van der Waals surface area contributed by atoms with Gasteiger partial charge in [-0.1, -0.05) is 0 Å². The highest BCUT2D eigenvalue weighted by molar-refractivity contribution is 6.43. The third-order valence-corrected chi connectivity index (χ3v) is 2.66. The van der Waals surface area contributed by atoms with Gasteiger partial charge in [0.1, 0.15) is 0 Å². The second-order valence-electron chi connectivity index (χ2n) is 4.40. The Balaban J connectivity index is 0.000000364. The van der Waals surface area contributed by atoms with Gasteiger partial charge >= 0.3 is 7.12 Å². The predicted molar refractivity (Wildman–Crippen MR) is 59.5 cm³/mol. The Morgan fingerprint density at radius 2 is 1.36 bits per heavy atom. The topological polar surface area (TPSA) is 27.7 Å². The summed E-state index contributed by atoms with van der Waals surface area (Å²) in [6.45, 7) is 12.9. The van der Waals surface area contributed by atoms with Crippen molar-refractivity contribution in [1.82, 2.24) is 0 Å². The fraction of sp³-hybridized carbons (Fsp3) is 1.00. The van der Waals surface area contributed by atoms with Crippen molar-refractivity contribution in [2.75, 3.05) is 13.7 Å². The summed E-state index contributed by atoms with van der Waals surface area (Å²) >= 11 is 0. The van der Waals surface area contributed by atoms with Gasteiger partial charge in [-0.05, 0) is 41.4 Å². The molecular weight excluding hydrogens is 179 g/mol. The molecule has 0 aromatic heterocycles.